The lowest BCUT2D eigenvalue weighted by Crippen LogP contribution is -2.26. The number of hydrogen-bond donors (Lipinski definition) is 2. The summed E-state index contributed by atoms with van der Waals surface area (Å²) in [6.07, 6.45) is 3.95. The summed E-state index contributed by atoms with van der Waals surface area (Å²) in [5, 5.41) is 11.1. The lowest BCUT2D eigenvalue weighted by atomic mass is 10.1. The molecule has 1 unspecified atom stereocenters. The summed E-state index contributed by atoms with van der Waals surface area (Å²) in [6.45, 7) is 3.25. The Kier molecular flexibility index (Phi) is 5.06. The van der Waals surface area contributed by atoms with E-state index in [2.05, 4.69) is 22.4 Å². The van der Waals surface area contributed by atoms with E-state index in [-0.39, 0.29) is 5.91 Å². The highest BCUT2D eigenvalue weighted by Crippen LogP contribution is 2.04. The van der Waals surface area contributed by atoms with E-state index in [1.165, 1.54) is 0 Å². The number of nitrogens with two attached hydrogens (primary N) is 1. The van der Waals surface area contributed by atoms with Crippen molar-refractivity contribution in [3.8, 4) is 0 Å². The Hall–Kier alpha value is -1.95. The van der Waals surface area contributed by atoms with Crippen LogP contribution in [0.3, 0.4) is 0 Å². The van der Waals surface area contributed by atoms with Crippen molar-refractivity contribution in [2.75, 3.05) is 13.1 Å². The molecule has 3 N–H and O–H groups in total. The molecule has 0 aliphatic rings. The molecule has 0 aliphatic heterocycles. The predicted octanol–water partition coefficient (Wildman–Crippen LogP) is 0.763. The van der Waals surface area contributed by atoms with Gasteiger partial charge in [-0.05, 0) is 31.0 Å². The van der Waals surface area contributed by atoms with Crippen LogP contribution in [0.5, 0.6) is 0 Å². The minimum absolute atomic E-state index is 0.0686. The third-order valence-electron chi connectivity index (χ3n) is 3.32. The summed E-state index contributed by atoms with van der Waals surface area (Å²) < 4.78 is 1.93. The number of rotatable bonds is 7. The van der Waals surface area contributed by atoms with Gasteiger partial charge in [0.15, 0.2) is 5.65 Å². The fourth-order valence-corrected chi connectivity index (χ4v) is 1.96. The summed E-state index contributed by atoms with van der Waals surface area (Å²) in [5.74, 6) is 1.32. The molecule has 20 heavy (non-hydrogen) atoms. The van der Waals surface area contributed by atoms with Gasteiger partial charge in [0.25, 0.3) is 0 Å². The lowest BCUT2D eigenvalue weighted by Gasteiger charge is -2.08. The normalized spacial score (nSPS) is 12.5. The van der Waals surface area contributed by atoms with Crippen molar-refractivity contribution in [2.45, 2.75) is 26.2 Å². The molecule has 0 saturated carbocycles. The smallest absolute Gasteiger partial charge is 0.220 e. The summed E-state index contributed by atoms with van der Waals surface area (Å²) in [4.78, 5) is 11.7. The highest BCUT2D eigenvalue weighted by Gasteiger charge is 2.07. The molecule has 0 fully saturated rings. The van der Waals surface area contributed by atoms with Gasteiger partial charge >= 0.3 is 0 Å². The first kappa shape index (κ1) is 14.5. The Labute approximate surface area is 118 Å². The molecule has 2 rings (SSSR count). The lowest BCUT2D eigenvalue weighted by molar-refractivity contribution is -0.121. The number of nitrogens with zero attached hydrogens (tertiary/aromatic N) is 3. The van der Waals surface area contributed by atoms with E-state index in [9.17, 15) is 4.79 Å². The monoisotopic (exact) mass is 275 g/mol. The first-order chi connectivity index (χ1) is 9.70. The van der Waals surface area contributed by atoms with Gasteiger partial charge in [0.1, 0.15) is 5.82 Å². The SMILES string of the molecule is CC(CN)CCC(=O)NCCc1nnc2ccccn12. The molecule has 1 atom stereocenters. The molecule has 0 bridgehead atoms. The fraction of sp³-hybridized carbons (Fsp3) is 0.500. The maximum absolute atomic E-state index is 11.7. The molecule has 0 spiro atoms. The van der Waals surface area contributed by atoms with Crippen LogP contribution in [0.1, 0.15) is 25.6 Å². The Morgan fingerprint density at radius 3 is 3.10 bits per heavy atom. The topological polar surface area (TPSA) is 85.3 Å². The number of fused-ring (bicyclic) bond motifs is 1. The summed E-state index contributed by atoms with van der Waals surface area (Å²) in [7, 11) is 0. The van der Waals surface area contributed by atoms with Crippen molar-refractivity contribution < 1.29 is 4.79 Å². The van der Waals surface area contributed by atoms with Gasteiger partial charge in [0, 0.05) is 25.6 Å². The van der Waals surface area contributed by atoms with Crippen LogP contribution in [-0.4, -0.2) is 33.6 Å². The van der Waals surface area contributed by atoms with E-state index in [0.717, 1.165) is 17.9 Å². The van der Waals surface area contributed by atoms with Gasteiger partial charge in [-0.3, -0.25) is 9.20 Å². The average Bonchev–Trinajstić information content (AvgIpc) is 2.88. The quantitative estimate of drug-likeness (QED) is 0.781. The zero-order chi connectivity index (χ0) is 14.4. The Morgan fingerprint density at radius 1 is 1.45 bits per heavy atom. The first-order valence-electron chi connectivity index (χ1n) is 6.96. The Bertz CT molecular complexity index is 565. The van der Waals surface area contributed by atoms with Crippen LogP contribution in [0.2, 0.25) is 0 Å². The van der Waals surface area contributed by atoms with E-state index in [0.29, 0.717) is 31.8 Å². The average molecular weight is 275 g/mol. The largest absolute Gasteiger partial charge is 0.356 e. The van der Waals surface area contributed by atoms with E-state index in [1.807, 2.05) is 28.8 Å². The third kappa shape index (κ3) is 3.77. The molecule has 6 heteroatoms. The number of pyridine rings is 1. The maximum atomic E-state index is 11.7. The van der Waals surface area contributed by atoms with Crippen molar-refractivity contribution in [3.05, 3.63) is 30.2 Å². The highest BCUT2D eigenvalue weighted by molar-refractivity contribution is 5.75. The predicted molar refractivity (Wildman–Crippen MR) is 77.2 cm³/mol. The van der Waals surface area contributed by atoms with Crippen molar-refractivity contribution in [3.63, 3.8) is 0 Å². The van der Waals surface area contributed by atoms with Crippen molar-refractivity contribution in [1.29, 1.82) is 0 Å². The summed E-state index contributed by atoms with van der Waals surface area (Å²) in [6, 6.07) is 5.77. The van der Waals surface area contributed by atoms with Crippen LogP contribution in [0.15, 0.2) is 24.4 Å². The molecule has 0 aromatic carbocycles. The van der Waals surface area contributed by atoms with Crippen LogP contribution >= 0.6 is 0 Å². The number of carbonyl (C=O) groups is 1. The second kappa shape index (κ2) is 7.00. The summed E-state index contributed by atoms with van der Waals surface area (Å²) in [5.41, 5.74) is 6.35. The maximum Gasteiger partial charge on any atom is 0.220 e. The molecule has 2 heterocycles. The number of hydrogen-bond acceptors (Lipinski definition) is 4. The molecule has 0 radical (unpaired) electrons. The van der Waals surface area contributed by atoms with Gasteiger partial charge in [-0.25, -0.2) is 0 Å². The zero-order valence-electron chi connectivity index (χ0n) is 11.7. The van der Waals surface area contributed by atoms with Crippen LogP contribution in [0, 0.1) is 5.92 Å². The van der Waals surface area contributed by atoms with Crippen molar-refractivity contribution in [1.82, 2.24) is 19.9 Å². The molecular formula is C14H21N5O. The van der Waals surface area contributed by atoms with E-state index in [4.69, 9.17) is 5.73 Å². The van der Waals surface area contributed by atoms with Crippen molar-refractivity contribution in [2.24, 2.45) is 11.7 Å². The van der Waals surface area contributed by atoms with Gasteiger partial charge in [-0.15, -0.1) is 10.2 Å². The standard InChI is InChI=1S/C14H21N5O/c1-11(10-15)5-6-14(20)16-8-7-13-18-17-12-4-2-3-9-19(12)13/h2-4,9,11H,5-8,10,15H2,1H3,(H,16,20). The van der Waals surface area contributed by atoms with E-state index < -0.39 is 0 Å². The molecule has 6 nitrogen and oxygen atoms in total. The second-order valence-electron chi connectivity index (χ2n) is 5.02. The Balaban J connectivity index is 1.77. The zero-order valence-corrected chi connectivity index (χ0v) is 11.7. The minimum atomic E-state index is 0.0686. The van der Waals surface area contributed by atoms with E-state index >= 15 is 0 Å². The van der Waals surface area contributed by atoms with Crippen LogP contribution < -0.4 is 11.1 Å². The number of aromatic nitrogens is 3. The highest BCUT2D eigenvalue weighted by atomic mass is 16.1. The van der Waals surface area contributed by atoms with Crippen LogP contribution in [-0.2, 0) is 11.2 Å². The van der Waals surface area contributed by atoms with Gasteiger partial charge in [0.05, 0.1) is 0 Å². The van der Waals surface area contributed by atoms with Gasteiger partial charge in [-0.2, -0.15) is 0 Å². The molecule has 0 aliphatic carbocycles. The Morgan fingerprint density at radius 2 is 2.30 bits per heavy atom. The molecule has 1 amide bonds. The number of amides is 1. The van der Waals surface area contributed by atoms with Gasteiger partial charge < -0.3 is 11.1 Å². The van der Waals surface area contributed by atoms with Crippen molar-refractivity contribution >= 4 is 11.6 Å². The summed E-state index contributed by atoms with van der Waals surface area (Å²) >= 11 is 0. The molecular weight excluding hydrogens is 254 g/mol. The van der Waals surface area contributed by atoms with E-state index in [1.54, 1.807) is 0 Å². The molecule has 2 aromatic rings. The molecule has 0 saturated heterocycles. The number of nitrogens with one attached hydrogen (secondary N) is 1. The number of carbonyl (C=O) groups excluding carboxylic acids is 1. The van der Waals surface area contributed by atoms with Gasteiger partial charge in [0.2, 0.25) is 5.91 Å². The fourth-order valence-electron chi connectivity index (χ4n) is 1.96. The van der Waals surface area contributed by atoms with Crippen LogP contribution in [0.25, 0.3) is 5.65 Å². The van der Waals surface area contributed by atoms with Gasteiger partial charge in [-0.1, -0.05) is 13.0 Å². The second-order valence-corrected chi connectivity index (χ2v) is 5.02. The molecule has 108 valence electrons. The van der Waals surface area contributed by atoms with Crippen LogP contribution in [0.4, 0.5) is 0 Å². The third-order valence-corrected chi connectivity index (χ3v) is 3.32. The first-order valence-corrected chi connectivity index (χ1v) is 6.96. The molecule has 2 aromatic heterocycles. The minimum Gasteiger partial charge on any atom is -0.356 e.